The molecule has 0 aromatic heterocycles. The van der Waals surface area contributed by atoms with E-state index in [2.05, 4.69) is 30.5 Å². The summed E-state index contributed by atoms with van der Waals surface area (Å²) in [6.45, 7) is -0.224. The number of nitrogens with zero attached hydrogens (tertiary/aromatic N) is 6. The minimum Gasteiger partial charge on any atom is -0.302 e. The van der Waals surface area contributed by atoms with E-state index < -0.39 is 0 Å². The van der Waals surface area contributed by atoms with Crippen molar-refractivity contribution in [2.24, 2.45) is 26.5 Å². The molecule has 2 N–H and O–H groups in total. The van der Waals surface area contributed by atoms with E-state index in [9.17, 15) is 9.81 Å². The number of hydrogen-bond acceptors (Lipinski definition) is 8. The first-order chi connectivity index (χ1) is 8.76. The minimum atomic E-state index is -0.224. The highest BCUT2D eigenvalue weighted by molar-refractivity contribution is 6.06. The molecule has 0 atom stereocenters. The summed E-state index contributed by atoms with van der Waals surface area (Å²) in [5.74, 6) is 4.78. The molecule has 18 heavy (non-hydrogen) atoms. The lowest BCUT2D eigenvalue weighted by molar-refractivity contribution is 0.149. The molecule has 1 aromatic rings. The third-order valence-electron chi connectivity index (χ3n) is 1.94. The van der Waals surface area contributed by atoms with Gasteiger partial charge in [0.05, 0.1) is 12.3 Å². The Bertz CT molecular complexity index is 535. The number of benzene rings is 1. The highest BCUT2D eigenvalue weighted by Crippen LogP contribution is 2.25. The highest BCUT2D eigenvalue weighted by atomic mass is 16.7. The normalized spacial score (nSPS) is 10.4. The van der Waals surface area contributed by atoms with E-state index in [1.807, 2.05) is 0 Å². The Morgan fingerprint density at radius 1 is 1.39 bits per heavy atom. The predicted octanol–water partition coefficient (Wildman–Crippen LogP) is 2.39. The van der Waals surface area contributed by atoms with Crippen LogP contribution in [0.5, 0.6) is 0 Å². The standard InChI is InChI=1S/C8H7N7O3/c9-15-11-4-8(14-18-10)6-3-5(12-16)1-2-7(6)13-17/h1-3H,4,10H2. The monoisotopic (exact) mass is 249 g/mol. The Hall–Kier alpha value is -2.84. The van der Waals surface area contributed by atoms with Crippen molar-refractivity contribution in [1.29, 1.82) is 0 Å². The number of nitroso groups, excluding NO2 is 2. The number of hydrogen-bond donors (Lipinski definition) is 1. The van der Waals surface area contributed by atoms with Gasteiger partial charge < -0.3 is 4.94 Å². The van der Waals surface area contributed by atoms with Gasteiger partial charge in [0.25, 0.3) is 0 Å². The Balaban J connectivity index is 3.32. The fraction of sp³-hybridized carbons (Fsp3) is 0.125. The molecule has 0 bridgehead atoms. The predicted molar refractivity (Wildman–Crippen MR) is 63.2 cm³/mol. The Morgan fingerprint density at radius 2 is 2.17 bits per heavy atom. The second-order valence-corrected chi connectivity index (χ2v) is 2.92. The molecule has 1 aromatic carbocycles. The average molecular weight is 249 g/mol. The maximum atomic E-state index is 10.6. The Labute approximate surface area is 99.9 Å². The third-order valence-corrected chi connectivity index (χ3v) is 1.94. The Morgan fingerprint density at radius 3 is 2.72 bits per heavy atom. The summed E-state index contributed by atoms with van der Waals surface area (Å²) in [6, 6.07) is 3.84. The van der Waals surface area contributed by atoms with E-state index in [0.29, 0.717) is 0 Å². The lowest BCUT2D eigenvalue weighted by Crippen LogP contribution is -2.08. The van der Waals surface area contributed by atoms with Gasteiger partial charge in [0.1, 0.15) is 11.4 Å². The summed E-state index contributed by atoms with van der Waals surface area (Å²) in [6.07, 6.45) is 0. The molecule has 0 amide bonds. The summed E-state index contributed by atoms with van der Waals surface area (Å²) < 4.78 is 0. The van der Waals surface area contributed by atoms with Crippen molar-refractivity contribution >= 4 is 17.1 Å². The first-order valence-electron chi connectivity index (χ1n) is 4.51. The summed E-state index contributed by atoms with van der Waals surface area (Å²) in [5.41, 5.74) is 8.49. The molecule has 92 valence electrons. The smallest absolute Gasteiger partial charge is 0.117 e. The van der Waals surface area contributed by atoms with E-state index in [4.69, 9.17) is 11.4 Å². The first kappa shape index (κ1) is 13.2. The molecule has 0 saturated heterocycles. The number of oxime groups is 1. The van der Waals surface area contributed by atoms with Crippen molar-refractivity contribution in [1.82, 2.24) is 0 Å². The van der Waals surface area contributed by atoms with Gasteiger partial charge in [0.15, 0.2) is 0 Å². The highest BCUT2D eigenvalue weighted by Gasteiger charge is 2.12. The van der Waals surface area contributed by atoms with Gasteiger partial charge in [-0.2, -0.15) is 0 Å². The Kier molecular flexibility index (Phi) is 4.91. The van der Waals surface area contributed by atoms with Crippen LogP contribution in [0.2, 0.25) is 0 Å². The number of nitrogens with two attached hydrogens (primary N) is 1. The van der Waals surface area contributed by atoms with Crippen LogP contribution < -0.4 is 5.90 Å². The maximum Gasteiger partial charge on any atom is 0.117 e. The van der Waals surface area contributed by atoms with E-state index in [0.717, 1.165) is 0 Å². The lowest BCUT2D eigenvalue weighted by atomic mass is 10.1. The van der Waals surface area contributed by atoms with Gasteiger partial charge in [-0.3, -0.25) is 0 Å². The van der Waals surface area contributed by atoms with Crippen molar-refractivity contribution in [3.63, 3.8) is 0 Å². The van der Waals surface area contributed by atoms with Crippen LogP contribution in [0.1, 0.15) is 5.56 Å². The molecule has 0 spiro atoms. The molecule has 0 saturated carbocycles. The maximum absolute atomic E-state index is 10.6. The van der Waals surface area contributed by atoms with Gasteiger partial charge in [0.2, 0.25) is 0 Å². The van der Waals surface area contributed by atoms with E-state index in [1.165, 1.54) is 18.2 Å². The van der Waals surface area contributed by atoms with Crippen molar-refractivity contribution in [3.05, 3.63) is 44.0 Å². The van der Waals surface area contributed by atoms with Gasteiger partial charge in [-0.25, -0.2) is 0 Å². The van der Waals surface area contributed by atoms with Crippen LogP contribution in [0.15, 0.2) is 38.8 Å². The molecule has 10 heteroatoms. The quantitative estimate of drug-likeness (QED) is 0.205. The van der Waals surface area contributed by atoms with Crippen LogP contribution in [0.4, 0.5) is 11.4 Å². The average Bonchev–Trinajstić information content (AvgIpc) is 2.42. The van der Waals surface area contributed by atoms with Crippen LogP contribution in [-0.4, -0.2) is 12.3 Å². The number of azide groups is 1. The molecule has 0 heterocycles. The summed E-state index contributed by atoms with van der Waals surface area (Å²) in [7, 11) is 0. The van der Waals surface area contributed by atoms with Gasteiger partial charge in [-0.15, -0.1) is 15.7 Å². The molecule has 0 aliphatic carbocycles. The van der Waals surface area contributed by atoms with Gasteiger partial charge >= 0.3 is 0 Å². The van der Waals surface area contributed by atoms with Crippen LogP contribution in [-0.2, 0) is 4.94 Å². The van der Waals surface area contributed by atoms with E-state index in [-0.39, 0.29) is 29.2 Å². The molecule has 0 fully saturated rings. The molecule has 0 aliphatic rings. The van der Waals surface area contributed by atoms with Crippen molar-refractivity contribution < 1.29 is 4.94 Å². The van der Waals surface area contributed by atoms with Crippen LogP contribution in [0.3, 0.4) is 0 Å². The van der Waals surface area contributed by atoms with Gasteiger partial charge in [-0.1, -0.05) is 10.3 Å². The van der Waals surface area contributed by atoms with Crippen molar-refractivity contribution in [2.75, 3.05) is 6.54 Å². The first-order valence-corrected chi connectivity index (χ1v) is 4.51. The molecular weight excluding hydrogens is 242 g/mol. The molecule has 1 rings (SSSR count). The zero-order valence-corrected chi connectivity index (χ0v) is 8.92. The van der Waals surface area contributed by atoms with Crippen LogP contribution >= 0.6 is 0 Å². The molecule has 10 nitrogen and oxygen atoms in total. The zero-order chi connectivity index (χ0) is 13.4. The van der Waals surface area contributed by atoms with E-state index in [1.54, 1.807) is 0 Å². The molecule has 0 unspecified atom stereocenters. The second kappa shape index (κ2) is 6.68. The lowest BCUT2D eigenvalue weighted by Gasteiger charge is -2.04. The topological polar surface area (TPSA) is 155 Å². The fourth-order valence-electron chi connectivity index (χ4n) is 1.22. The van der Waals surface area contributed by atoms with Gasteiger partial charge in [-0.05, 0) is 34.1 Å². The third kappa shape index (κ3) is 3.07. The molecular formula is C8H7N7O3. The second-order valence-electron chi connectivity index (χ2n) is 2.92. The van der Waals surface area contributed by atoms with Crippen molar-refractivity contribution in [3.8, 4) is 0 Å². The zero-order valence-electron chi connectivity index (χ0n) is 8.92. The van der Waals surface area contributed by atoms with Crippen LogP contribution in [0.25, 0.3) is 10.4 Å². The summed E-state index contributed by atoms with van der Waals surface area (Å²) in [4.78, 5) is 27.7. The van der Waals surface area contributed by atoms with Crippen LogP contribution in [0, 0.1) is 9.81 Å². The largest absolute Gasteiger partial charge is 0.302 e. The van der Waals surface area contributed by atoms with Gasteiger partial charge in [0, 0.05) is 10.5 Å². The minimum absolute atomic E-state index is 0.00802. The number of rotatable bonds is 6. The molecule has 0 aliphatic heterocycles. The summed E-state index contributed by atoms with van der Waals surface area (Å²) >= 11 is 0. The van der Waals surface area contributed by atoms with Crippen molar-refractivity contribution in [2.45, 2.75) is 0 Å². The summed E-state index contributed by atoms with van der Waals surface area (Å²) in [5, 5.41) is 12.1. The van der Waals surface area contributed by atoms with E-state index >= 15 is 0 Å². The fourth-order valence-corrected chi connectivity index (χ4v) is 1.22. The molecule has 0 radical (unpaired) electrons. The SMILES string of the molecule is [N-]=[N+]=NCC(=NON)c1cc(N=O)ccc1N=O.